The number of hydrogen-bond donors (Lipinski definition) is 3. The van der Waals surface area contributed by atoms with Gasteiger partial charge in [0.15, 0.2) is 0 Å². The molecular weight excluding hydrogens is 423 g/mol. The third kappa shape index (κ3) is 5.74. The zero-order valence-corrected chi connectivity index (χ0v) is 19.0. The predicted octanol–water partition coefficient (Wildman–Crippen LogP) is 4.02. The van der Waals surface area contributed by atoms with E-state index < -0.39 is 0 Å². The number of nitrogens with one attached hydrogen (secondary N) is 3. The number of amides is 2. The smallest absolute Gasteiger partial charge is 0.318 e. The van der Waals surface area contributed by atoms with E-state index in [0.717, 1.165) is 36.2 Å². The molecule has 1 aromatic carbocycles. The van der Waals surface area contributed by atoms with Crippen LogP contribution >= 0.6 is 23.2 Å². The molecule has 3 N–H and O–H groups in total. The van der Waals surface area contributed by atoms with E-state index in [9.17, 15) is 4.79 Å². The van der Waals surface area contributed by atoms with Crippen molar-refractivity contribution in [2.75, 3.05) is 25.5 Å². The van der Waals surface area contributed by atoms with Gasteiger partial charge in [0.2, 0.25) is 5.95 Å². The van der Waals surface area contributed by atoms with Crippen molar-refractivity contribution in [3.8, 4) is 0 Å². The van der Waals surface area contributed by atoms with Gasteiger partial charge in [-0.15, -0.1) is 0 Å². The monoisotopic (exact) mass is 450 g/mol. The molecule has 162 valence electrons. The van der Waals surface area contributed by atoms with Crippen molar-refractivity contribution in [3.05, 3.63) is 51.3 Å². The number of nitrogens with zero attached hydrogens (tertiary/aromatic N) is 3. The second-order valence-electron chi connectivity index (χ2n) is 7.70. The highest BCUT2D eigenvalue weighted by Crippen LogP contribution is 2.27. The Bertz CT molecular complexity index is 892. The number of aromatic nitrogens is 2. The molecule has 3 rings (SSSR count). The van der Waals surface area contributed by atoms with Gasteiger partial charge in [-0.1, -0.05) is 29.3 Å². The SMILES string of the molecule is CNCC[C@H](NC(=O)N1CCc2cnc(NC(C)C)nc2C1)c1ccc(Cl)c(Cl)c1. The highest BCUT2D eigenvalue weighted by atomic mass is 35.5. The van der Waals surface area contributed by atoms with E-state index in [1.165, 1.54) is 0 Å². The van der Waals surface area contributed by atoms with Crippen LogP contribution in [0.2, 0.25) is 10.0 Å². The summed E-state index contributed by atoms with van der Waals surface area (Å²) in [6.07, 6.45) is 3.32. The Kier molecular flexibility index (Phi) is 7.75. The summed E-state index contributed by atoms with van der Waals surface area (Å²) in [7, 11) is 1.89. The molecule has 2 heterocycles. The number of halogens is 2. The summed E-state index contributed by atoms with van der Waals surface area (Å²) < 4.78 is 0. The van der Waals surface area contributed by atoms with Crippen molar-refractivity contribution in [2.45, 2.75) is 45.3 Å². The first-order valence-electron chi connectivity index (χ1n) is 10.1. The van der Waals surface area contributed by atoms with Crippen molar-refractivity contribution in [1.29, 1.82) is 0 Å². The summed E-state index contributed by atoms with van der Waals surface area (Å²) in [4.78, 5) is 23.8. The molecule has 0 saturated carbocycles. The first kappa shape index (κ1) is 22.6. The lowest BCUT2D eigenvalue weighted by atomic mass is 10.0. The molecule has 1 atom stereocenters. The fraction of sp³-hybridized carbons (Fsp3) is 0.476. The number of urea groups is 1. The molecule has 0 fully saturated rings. The maximum absolute atomic E-state index is 13.0. The lowest BCUT2D eigenvalue weighted by Gasteiger charge is -2.30. The van der Waals surface area contributed by atoms with E-state index in [4.69, 9.17) is 23.2 Å². The van der Waals surface area contributed by atoms with Gasteiger partial charge < -0.3 is 20.9 Å². The number of hydrogen-bond acceptors (Lipinski definition) is 5. The fourth-order valence-corrected chi connectivity index (χ4v) is 3.69. The second kappa shape index (κ2) is 10.3. The Hall–Kier alpha value is -2.09. The third-order valence-electron chi connectivity index (χ3n) is 4.98. The van der Waals surface area contributed by atoms with E-state index in [2.05, 4.69) is 25.9 Å². The van der Waals surface area contributed by atoms with Crippen molar-refractivity contribution in [2.24, 2.45) is 0 Å². The van der Waals surface area contributed by atoms with Crippen LogP contribution in [0.15, 0.2) is 24.4 Å². The van der Waals surface area contributed by atoms with Crippen molar-refractivity contribution >= 4 is 35.2 Å². The summed E-state index contributed by atoms with van der Waals surface area (Å²) in [5.41, 5.74) is 2.90. The lowest BCUT2D eigenvalue weighted by molar-refractivity contribution is 0.186. The molecule has 0 unspecified atom stereocenters. The predicted molar refractivity (Wildman–Crippen MR) is 121 cm³/mol. The average molecular weight is 451 g/mol. The maximum atomic E-state index is 13.0. The highest BCUT2D eigenvalue weighted by Gasteiger charge is 2.25. The summed E-state index contributed by atoms with van der Waals surface area (Å²) in [6, 6.07) is 5.42. The van der Waals surface area contributed by atoms with Crippen LogP contribution in [0.5, 0.6) is 0 Å². The Morgan fingerprint density at radius 2 is 2.07 bits per heavy atom. The Morgan fingerprint density at radius 1 is 1.27 bits per heavy atom. The lowest BCUT2D eigenvalue weighted by Crippen LogP contribution is -2.44. The molecule has 0 aliphatic carbocycles. The number of carbonyl (C=O) groups excluding carboxylic acids is 1. The number of carbonyl (C=O) groups is 1. The van der Waals surface area contributed by atoms with E-state index in [1.807, 2.05) is 39.2 Å². The van der Waals surface area contributed by atoms with E-state index in [1.54, 1.807) is 11.0 Å². The van der Waals surface area contributed by atoms with Gasteiger partial charge in [0.1, 0.15) is 0 Å². The first-order valence-corrected chi connectivity index (χ1v) is 10.9. The van der Waals surface area contributed by atoms with Crippen LogP contribution in [0, 0.1) is 0 Å². The van der Waals surface area contributed by atoms with Gasteiger partial charge in [0, 0.05) is 18.8 Å². The van der Waals surface area contributed by atoms with Crippen molar-refractivity contribution in [3.63, 3.8) is 0 Å². The topological polar surface area (TPSA) is 82.2 Å². The van der Waals surface area contributed by atoms with Gasteiger partial charge in [-0.2, -0.15) is 0 Å². The molecule has 0 spiro atoms. The van der Waals surface area contributed by atoms with E-state index in [0.29, 0.717) is 29.1 Å². The average Bonchev–Trinajstić information content (AvgIpc) is 2.72. The standard InChI is InChI=1S/C21H28Cl2N6O/c1-13(2)26-20-25-11-15-7-9-29(12-19(15)27-20)21(30)28-18(6-8-24-3)14-4-5-16(22)17(23)10-14/h4-5,10-11,13,18,24H,6-9,12H2,1-3H3,(H,28,30)(H,25,26,27)/t18-/m0/s1. The molecule has 1 aliphatic rings. The molecule has 0 saturated heterocycles. The molecule has 2 amide bonds. The summed E-state index contributed by atoms with van der Waals surface area (Å²) in [5.74, 6) is 0.591. The molecule has 1 aliphatic heterocycles. The van der Waals surface area contributed by atoms with Crippen LogP contribution in [-0.2, 0) is 13.0 Å². The molecular formula is C21H28Cl2N6O. The van der Waals surface area contributed by atoms with Crippen molar-refractivity contribution in [1.82, 2.24) is 25.5 Å². The normalized spacial score (nSPS) is 14.4. The van der Waals surface area contributed by atoms with Crippen LogP contribution in [0.3, 0.4) is 0 Å². The van der Waals surface area contributed by atoms with Gasteiger partial charge >= 0.3 is 6.03 Å². The van der Waals surface area contributed by atoms with Gasteiger partial charge in [0.05, 0.1) is 28.3 Å². The highest BCUT2D eigenvalue weighted by molar-refractivity contribution is 6.42. The minimum atomic E-state index is -0.176. The minimum absolute atomic E-state index is 0.121. The van der Waals surface area contributed by atoms with Gasteiger partial charge in [0.25, 0.3) is 0 Å². The van der Waals surface area contributed by atoms with Gasteiger partial charge in [-0.25, -0.2) is 14.8 Å². The van der Waals surface area contributed by atoms with Crippen LogP contribution in [0.25, 0.3) is 0 Å². The summed E-state index contributed by atoms with van der Waals surface area (Å²) in [6.45, 7) is 5.91. The molecule has 0 radical (unpaired) electrons. The second-order valence-corrected chi connectivity index (χ2v) is 8.52. The number of fused-ring (bicyclic) bond motifs is 1. The molecule has 0 bridgehead atoms. The number of anilines is 1. The van der Waals surface area contributed by atoms with Crippen LogP contribution in [0.1, 0.15) is 43.1 Å². The molecule has 2 aromatic rings. The fourth-order valence-electron chi connectivity index (χ4n) is 3.38. The molecule has 1 aromatic heterocycles. The van der Waals surface area contributed by atoms with E-state index >= 15 is 0 Å². The van der Waals surface area contributed by atoms with Gasteiger partial charge in [-0.3, -0.25) is 0 Å². The summed E-state index contributed by atoms with van der Waals surface area (Å²) >= 11 is 12.2. The summed E-state index contributed by atoms with van der Waals surface area (Å²) in [5, 5.41) is 10.5. The minimum Gasteiger partial charge on any atom is -0.352 e. The quantitative estimate of drug-likeness (QED) is 0.593. The largest absolute Gasteiger partial charge is 0.352 e. The van der Waals surface area contributed by atoms with Crippen molar-refractivity contribution < 1.29 is 4.79 Å². The Labute approximate surface area is 187 Å². The van der Waals surface area contributed by atoms with E-state index in [-0.39, 0.29) is 18.1 Å². The molecule has 9 heteroatoms. The van der Waals surface area contributed by atoms with Crippen LogP contribution < -0.4 is 16.0 Å². The maximum Gasteiger partial charge on any atom is 0.318 e. The Morgan fingerprint density at radius 3 is 2.77 bits per heavy atom. The Balaban J connectivity index is 1.72. The van der Waals surface area contributed by atoms with Gasteiger partial charge in [-0.05, 0) is 63.5 Å². The number of benzene rings is 1. The zero-order chi connectivity index (χ0) is 21.7. The zero-order valence-electron chi connectivity index (χ0n) is 17.5. The third-order valence-corrected chi connectivity index (χ3v) is 5.72. The number of rotatable bonds is 7. The van der Waals surface area contributed by atoms with Crippen LogP contribution in [0.4, 0.5) is 10.7 Å². The first-order chi connectivity index (χ1) is 14.4. The molecule has 7 nitrogen and oxygen atoms in total. The van der Waals surface area contributed by atoms with Crippen LogP contribution in [-0.4, -0.2) is 47.1 Å². The molecule has 30 heavy (non-hydrogen) atoms.